The molecule has 0 spiro atoms. The van der Waals surface area contributed by atoms with Gasteiger partial charge in [0.25, 0.3) is 0 Å². The lowest BCUT2D eigenvalue weighted by Crippen LogP contribution is -2.24. The fraction of sp³-hybridized carbons (Fsp3) is 0.190. The van der Waals surface area contributed by atoms with Gasteiger partial charge in [-0.1, -0.05) is 18.2 Å². The normalized spacial score (nSPS) is 10.5. The zero-order chi connectivity index (χ0) is 18.4. The van der Waals surface area contributed by atoms with Crippen molar-refractivity contribution >= 4 is 28.4 Å². The molecule has 0 aromatic heterocycles. The number of amides is 1. The quantitative estimate of drug-likeness (QED) is 0.634. The van der Waals surface area contributed by atoms with E-state index >= 15 is 0 Å². The van der Waals surface area contributed by atoms with Crippen LogP contribution in [0.15, 0.2) is 65.6 Å². The van der Waals surface area contributed by atoms with Crippen molar-refractivity contribution in [3.8, 4) is 11.5 Å². The third-order valence-corrected chi connectivity index (χ3v) is 5.04. The van der Waals surface area contributed by atoms with Gasteiger partial charge >= 0.3 is 0 Å². The van der Waals surface area contributed by atoms with Crippen LogP contribution >= 0.6 is 11.8 Å². The van der Waals surface area contributed by atoms with Crippen molar-refractivity contribution in [2.45, 2.75) is 11.4 Å². The molecule has 3 aromatic rings. The average Bonchev–Trinajstić information content (AvgIpc) is 2.70. The Labute approximate surface area is 157 Å². The van der Waals surface area contributed by atoms with E-state index in [-0.39, 0.29) is 5.91 Å². The highest BCUT2D eigenvalue weighted by Crippen LogP contribution is 2.22. The van der Waals surface area contributed by atoms with Gasteiger partial charge in [-0.2, -0.15) is 0 Å². The Hall–Kier alpha value is -2.66. The van der Waals surface area contributed by atoms with Crippen LogP contribution in [0, 0.1) is 0 Å². The number of methoxy groups -OCH3 is 2. The molecule has 0 saturated heterocycles. The Morgan fingerprint density at radius 1 is 0.885 bits per heavy atom. The highest BCUT2D eigenvalue weighted by Gasteiger charge is 2.04. The van der Waals surface area contributed by atoms with Crippen LogP contribution in [0.25, 0.3) is 10.8 Å². The van der Waals surface area contributed by atoms with Crippen molar-refractivity contribution in [2.24, 2.45) is 0 Å². The summed E-state index contributed by atoms with van der Waals surface area (Å²) in [6.07, 6.45) is 0. The molecule has 0 heterocycles. The van der Waals surface area contributed by atoms with Gasteiger partial charge in [0.15, 0.2) is 0 Å². The van der Waals surface area contributed by atoms with Crippen LogP contribution in [0.4, 0.5) is 0 Å². The van der Waals surface area contributed by atoms with Crippen LogP contribution in [-0.4, -0.2) is 25.9 Å². The molecule has 4 nitrogen and oxygen atoms in total. The first-order valence-corrected chi connectivity index (χ1v) is 9.27. The summed E-state index contributed by atoms with van der Waals surface area (Å²) >= 11 is 1.51. The lowest BCUT2D eigenvalue weighted by Gasteiger charge is -2.08. The average molecular weight is 367 g/mol. The van der Waals surface area contributed by atoms with Gasteiger partial charge in [-0.3, -0.25) is 4.79 Å². The molecule has 0 unspecified atom stereocenters. The number of fused-ring (bicyclic) bond motifs is 1. The molecule has 0 aliphatic heterocycles. The summed E-state index contributed by atoms with van der Waals surface area (Å²) in [6, 6.07) is 19.8. The van der Waals surface area contributed by atoms with Crippen LogP contribution < -0.4 is 14.8 Å². The summed E-state index contributed by atoms with van der Waals surface area (Å²) in [5.41, 5.74) is 1.07. The van der Waals surface area contributed by atoms with Gasteiger partial charge in [-0.25, -0.2) is 0 Å². The Bertz CT molecular complexity index is 893. The summed E-state index contributed by atoms with van der Waals surface area (Å²) in [5, 5.41) is 5.22. The molecule has 0 aliphatic carbocycles. The molecular formula is C21H21NO3S. The van der Waals surface area contributed by atoms with Gasteiger partial charge < -0.3 is 14.8 Å². The largest absolute Gasteiger partial charge is 0.497 e. The molecule has 1 N–H and O–H groups in total. The van der Waals surface area contributed by atoms with E-state index in [2.05, 4.69) is 11.4 Å². The maximum Gasteiger partial charge on any atom is 0.230 e. The maximum atomic E-state index is 12.1. The molecule has 134 valence electrons. The number of nitrogens with one attached hydrogen (secondary N) is 1. The molecule has 0 fully saturated rings. The first-order chi connectivity index (χ1) is 12.7. The zero-order valence-electron chi connectivity index (χ0n) is 14.8. The number of carbonyl (C=O) groups excluding carboxylic acids is 1. The fourth-order valence-electron chi connectivity index (χ4n) is 2.58. The number of thioether (sulfide) groups is 1. The molecule has 5 heteroatoms. The second-order valence-corrected chi connectivity index (χ2v) is 6.84. The molecule has 1 amide bonds. The van der Waals surface area contributed by atoms with Crippen molar-refractivity contribution in [3.63, 3.8) is 0 Å². The molecular weight excluding hydrogens is 346 g/mol. The monoisotopic (exact) mass is 367 g/mol. The molecule has 0 aliphatic rings. The molecule has 26 heavy (non-hydrogen) atoms. The minimum absolute atomic E-state index is 0.0145. The van der Waals surface area contributed by atoms with E-state index in [4.69, 9.17) is 9.47 Å². The Balaban J connectivity index is 1.52. The third-order valence-electron chi connectivity index (χ3n) is 4.03. The second-order valence-electron chi connectivity index (χ2n) is 5.79. The number of carbonyl (C=O) groups is 1. The van der Waals surface area contributed by atoms with Gasteiger partial charge in [0.1, 0.15) is 11.5 Å². The number of rotatable bonds is 7. The van der Waals surface area contributed by atoms with Crippen molar-refractivity contribution in [1.29, 1.82) is 0 Å². The minimum Gasteiger partial charge on any atom is -0.497 e. The predicted octanol–water partition coefficient (Wildman–Crippen LogP) is 4.27. The summed E-state index contributed by atoms with van der Waals surface area (Å²) in [5.74, 6) is 2.05. The molecule has 0 radical (unpaired) electrons. The predicted molar refractivity (Wildman–Crippen MR) is 106 cm³/mol. The van der Waals surface area contributed by atoms with Gasteiger partial charge in [0.05, 0.1) is 20.0 Å². The molecule has 3 aromatic carbocycles. The topological polar surface area (TPSA) is 47.6 Å². The van der Waals surface area contributed by atoms with E-state index in [0.717, 1.165) is 32.7 Å². The zero-order valence-corrected chi connectivity index (χ0v) is 15.6. The van der Waals surface area contributed by atoms with Crippen LogP contribution in [0.5, 0.6) is 11.5 Å². The number of hydrogen-bond acceptors (Lipinski definition) is 4. The highest BCUT2D eigenvalue weighted by molar-refractivity contribution is 8.00. The summed E-state index contributed by atoms with van der Waals surface area (Å²) in [7, 11) is 3.30. The van der Waals surface area contributed by atoms with Crippen LogP contribution in [0.1, 0.15) is 5.56 Å². The van der Waals surface area contributed by atoms with E-state index in [1.807, 2.05) is 54.6 Å². The SMILES string of the molecule is COc1ccc(SCC(=O)NCc2ccc3cc(OC)ccc3c2)cc1. The summed E-state index contributed by atoms with van der Waals surface area (Å²) in [4.78, 5) is 13.1. The highest BCUT2D eigenvalue weighted by atomic mass is 32.2. The van der Waals surface area contributed by atoms with Crippen molar-refractivity contribution in [1.82, 2.24) is 5.32 Å². The van der Waals surface area contributed by atoms with Gasteiger partial charge in [-0.15, -0.1) is 11.8 Å². The van der Waals surface area contributed by atoms with E-state index in [9.17, 15) is 4.79 Å². The molecule has 3 rings (SSSR count). The van der Waals surface area contributed by atoms with Crippen LogP contribution in [0.3, 0.4) is 0 Å². The van der Waals surface area contributed by atoms with Crippen molar-refractivity contribution in [2.75, 3.05) is 20.0 Å². The third kappa shape index (κ3) is 4.70. The van der Waals surface area contributed by atoms with E-state index in [1.54, 1.807) is 14.2 Å². The van der Waals surface area contributed by atoms with Gasteiger partial charge in [0.2, 0.25) is 5.91 Å². The first-order valence-electron chi connectivity index (χ1n) is 8.28. The number of hydrogen-bond donors (Lipinski definition) is 1. The standard InChI is InChI=1S/C21H21NO3S/c1-24-18-7-9-20(10-8-18)26-14-21(23)22-13-15-3-4-17-12-19(25-2)6-5-16(17)11-15/h3-12H,13-14H2,1-2H3,(H,22,23). The summed E-state index contributed by atoms with van der Waals surface area (Å²) in [6.45, 7) is 0.518. The maximum absolute atomic E-state index is 12.1. The lowest BCUT2D eigenvalue weighted by molar-refractivity contribution is -0.118. The fourth-order valence-corrected chi connectivity index (χ4v) is 3.31. The number of ether oxygens (including phenoxy) is 2. The Morgan fingerprint density at radius 3 is 2.27 bits per heavy atom. The smallest absolute Gasteiger partial charge is 0.230 e. The molecule has 0 bridgehead atoms. The number of benzene rings is 3. The minimum atomic E-state index is 0.0145. The molecule has 0 saturated carbocycles. The first kappa shape index (κ1) is 18.1. The Kier molecular flexibility index (Phi) is 6.02. The van der Waals surface area contributed by atoms with Crippen LogP contribution in [-0.2, 0) is 11.3 Å². The van der Waals surface area contributed by atoms with Gasteiger partial charge in [0, 0.05) is 11.4 Å². The molecule has 0 atom stereocenters. The van der Waals surface area contributed by atoms with E-state index < -0.39 is 0 Å². The van der Waals surface area contributed by atoms with Crippen molar-refractivity contribution < 1.29 is 14.3 Å². The Morgan fingerprint density at radius 2 is 1.54 bits per heavy atom. The second kappa shape index (κ2) is 8.63. The lowest BCUT2D eigenvalue weighted by atomic mass is 10.1. The summed E-state index contributed by atoms with van der Waals surface area (Å²) < 4.78 is 10.4. The van der Waals surface area contributed by atoms with Crippen LogP contribution in [0.2, 0.25) is 0 Å². The van der Waals surface area contributed by atoms with Gasteiger partial charge in [-0.05, 0) is 58.8 Å². The van der Waals surface area contributed by atoms with Crippen molar-refractivity contribution in [3.05, 3.63) is 66.2 Å². The van der Waals surface area contributed by atoms with E-state index in [1.165, 1.54) is 11.8 Å². The van der Waals surface area contributed by atoms with E-state index in [0.29, 0.717) is 12.3 Å².